The molecule has 0 spiro atoms. The molecule has 7 nitrogen and oxygen atoms in total. The number of guanidine groups is 1. The first kappa shape index (κ1) is 22.4. The van der Waals surface area contributed by atoms with E-state index in [0.29, 0.717) is 18.9 Å². The van der Waals surface area contributed by atoms with Gasteiger partial charge in [-0.25, -0.2) is 0 Å². The lowest BCUT2D eigenvalue weighted by atomic mass is 10.3. The van der Waals surface area contributed by atoms with Crippen molar-refractivity contribution in [2.24, 2.45) is 4.99 Å². The molecule has 0 aromatic carbocycles. The van der Waals surface area contributed by atoms with Crippen molar-refractivity contribution in [1.82, 2.24) is 16.0 Å². The highest BCUT2D eigenvalue weighted by Gasteiger charge is 2.15. The van der Waals surface area contributed by atoms with E-state index in [4.69, 9.17) is 9.47 Å². The SMILES string of the molecule is CN=C(NCCCOC1CCOC1)NCCC(=O)NC(C)C.I. The summed E-state index contributed by atoms with van der Waals surface area (Å²) in [5.74, 6) is 0.756. The minimum Gasteiger partial charge on any atom is -0.379 e. The average molecular weight is 442 g/mol. The molecule has 0 bridgehead atoms. The van der Waals surface area contributed by atoms with Gasteiger partial charge in [-0.05, 0) is 26.7 Å². The van der Waals surface area contributed by atoms with Gasteiger partial charge in [0.15, 0.2) is 5.96 Å². The van der Waals surface area contributed by atoms with Crippen molar-refractivity contribution < 1.29 is 14.3 Å². The summed E-state index contributed by atoms with van der Waals surface area (Å²) < 4.78 is 10.9. The molecule has 0 radical (unpaired) electrons. The van der Waals surface area contributed by atoms with Crippen LogP contribution in [0.1, 0.15) is 33.1 Å². The van der Waals surface area contributed by atoms with E-state index in [9.17, 15) is 4.79 Å². The highest BCUT2D eigenvalue weighted by Crippen LogP contribution is 2.07. The molecule has 136 valence electrons. The summed E-state index contributed by atoms with van der Waals surface area (Å²) in [6.45, 7) is 7.49. The lowest BCUT2D eigenvalue weighted by Gasteiger charge is -2.13. The molecular formula is C15H31IN4O3. The largest absolute Gasteiger partial charge is 0.379 e. The predicted molar refractivity (Wildman–Crippen MR) is 102 cm³/mol. The standard InChI is InChI=1S/C15H30N4O3.HI/c1-12(2)19-14(20)5-8-18-15(16-3)17-7-4-9-22-13-6-10-21-11-13;/h12-13H,4-11H2,1-3H3,(H,19,20)(H2,16,17,18);1H. The molecule has 0 aromatic rings. The van der Waals surface area contributed by atoms with Crippen LogP contribution in [0.3, 0.4) is 0 Å². The van der Waals surface area contributed by atoms with Gasteiger partial charge < -0.3 is 25.4 Å². The molecule has 8 heteroatoms. The second-order valence-electron chi connectivity index (χ2n) is 5.61. The Balaban J connectivity index is 0.00000484. The second-order valence-corrected chi connectivity index (χ2v) is 5.61. The molecule has 0 aromatic heterocycles. The van der Waals surface area contributed by atoms with Gasteiger partial charge in [-0.3, -0.25) is 9.79 Å². The number of aliphatic imine (C=N–C) groups is 1. The number of nitrogens with zero attached hydrogens (tertiary/aromatic N) is 1. The Bertz CT molecular complexity index is 348. The maximum absolute atomic E-state index is 11.5. The molecule has 0 aliphatic carbocycles. The van der Waals surface area contributed by atoms with Crippen LogP contribution < -0.4 is 16.0 Å². The molecule has 1 amide bonds. The van der Waals surface area contributed by atoms with Crippen molar-refractivity contribution >= 4 is 35.8 Å². The molecule has 1 rings (SSSR count). The van der Waals surface area contributed by atoms with Crippen molar-refractivity contribution in [2.45, 2.75) is 45.3 Å². The quantitative estimate of drug-likeness (QED) is 0.214. The fourth-order valence-corrected chi connectivity index (χ4v) is 2.08. The zero-order chi connectivity index (χ0) is 16.2. The Morgan fingerprint density at radius 2 is 2.09 bits per heavy atom. The summed E-state index contributed by atoms with van der Waals surface area (Å²) in [4.78, 5) is 15.6. The van der Waals surface area contributed by atoms with Crippen molar-refractivity contribution in [3.05, 3.63) is 0 Å². The minimum absolute atomic E-state index is 0. The lowest BCUT2D eigenvalue weighted by molar-refractivity contribution is -0.121. The molecule has 0 saturated carbocycles. The summed E-state index contributed by atoms with van der Waals surface area (Å²) in [5.41, 5.74) is 0. The van der Waals surface area contributed by atoms with Crippen molar-refractivity contribution in [3.8, 4) is 0 Å². The van der Waals surface area contributed by atoms with E-state index >= 15 is 0 Å². The normalized spacial score (nSPS) is 17.7. The van der Waals surface area contributed by atoms with Gasteiger partial charge in [-0.2, -0.15) is 0 Å². The summed E-state index contributed by atoms with van der Waals surface area (Å²) in [6, 6.07) is 0.176. The van der Waals surface area contributed by atoms with Crippen LogP contribution in [0.2, 0.25) is 0 Å². The molecule has 1 aliphatic heterocycles. The average Bonchev–Trinajstić information content (AvgIpc) is 2.97. The van der Waals surface area contributed by atoms with Crippen LogP contribution in [0.15, 0.2) is 4.99 Å². The topological polar surface area (TPSA) is 84.0 Å². The second kappa shape index (κ2) is 13.8. The number of hydrogen-bond acceptors (Lipinski definition) is 4. The first-order valence-corrected chi connectivity index (χ1v) is 8.05. The van der Waals surface area contributed by atoms with Gasteiger partial charge in [0.05, 0.1) is 12.7 Å². The van der Waals surface area contributed by atoms with Gasteiger partial charge in [-0.1, -0.05) is 0 Å². The van der Waals surface area contributed by atoms with Crippen molar-refractivity contribution in [1.29, 1.82) is 0 Å². The fraction of sp³-hybridized carbons (Fsp3) is 0.867. The lowest BCUT2D eigenvalue weighted by Crippen LogP contribution is -2.40. The molecule has 1 aliphatic rings. The van der Waals surface area contributed by atoms with Gasteiger partial charge >= 0.3 is 0 Å². The van der Waals surface area contributed by atoms with Gasteiger partial charge in [0.2, 0.25) is 5.91 Å². The maximum atomic E-state index is 11.5. The first-order chi connectivity index (χ1) is 10.6. The van der Waals surface area contributed by atoms with Crippen molar-refractivity contribution in [3.63, 3.8) is 0 Å². The summed E-state index contributed by atoms with van der Waals surface area (Å²) >= 11 is 0. The number of nitrogens with one attached hydrogen (secondary N) is 3. The molecule has 1 heterocycles. The van der Waals surface area contributed by atoms with Gasteiger partial charge in [0.25, 0.3) is 0 Å². The number of amides is 1. The third kappa shape index (κ3) is 11.5. The molecular weight excluding hydrogens is 411 g/mol. The zero-order valence-electron chi connectivity index (χ0n) is 14.4. The predicted octanol–water partition coefficient (Wildman–Crippen LogP) is 0.880. The van der Waals surface area contributed by atoms with E-state index in [1.54, 1.807) is 7.05 Å². The highest BCUT2D eigenvalue weighted by molar-refractivity contribution is 14.0. The Kier molecular flexibility index (Phi) is 13.4. The number of ether oxygens (including phenoxy) is 2. The van der Waals surface area contributed by atoms with E-state index in [1.807, 2.05) is 13.8 Å². The van der Waals surface area contributed by atoms with Crippen LogP contribution in [0.5, 0.6) is 0 Å². The van der Waals surface area contributed by atoms with E-state index in [1.165, 1.54) is 0 Å². The summed E-state index contributed by atoms with van der Waals surface area (Å²) in [5, 5.41) is 9.18. The summed E-state index contributed by atoms with van der Waals surface area (Å²) in [6.07, 6.45) is 2.60. The third-order valence-corrected chi connectivity index (χ3v) is 3.17. The number of carbonyl (C=O) groups excluding carboxylic acids is 1. The van der Waals surface area contributed by atoms with Crippen LogP contribution in [0.4, 0.5) is 0 Å². The fourth-order valence-electron chi connectivity index (χ4n) is 2.08. The smallest absolute Gasteiger partial charge is 0.221 e. The van der Waals surface area contributed by atoms with E-state index in [0.717, 1.165) is 39.2 Å². The third-order valence-electron chi connectivity index (χ3n) is 3.17. The van der Waals surface area contributed by atoms with E-state index in [2.05, 4.69) is 20.9 Å². The molecule has 1 unspecified atom stereocenters. The number of carbonyl (C=O) groups is 1. The monoisotopic (exact) mass is 442 g/mol. The molecule has 3 N–H and O–H groups in total. The number of rotatable bonds is 9. The maximum Gasteiger partial charge on any atom is 0.221 e. The molecule has 1 atom stereocenters. The Morgan fingerprint density at radius 1 is 1.35 bits per heavy atom. The van der Waals surface area contributed by atoms with Crippen LogP contribution in [0.25, 0.3) is 0 Å². The molecule has 23 heavy (non-hydrogen) atoms. The Hall–Kier alpha value is -0.610. The number of hydrogen-bond donors (Lipinski definition) is 3. The van der Waals surface area contributed by atoms with Gasteiger partial charge in [0.1, 0.15) is 0 Å². The van der Waals surface area contributed by atoms with Crippen LogP contribution >= 0.6 is 24.0 Å². The number of halogens is 1. The molecule has 1 saturated heterocycles. The highest BCUT2D eigenvalue weighted by atomic mass is 127. The first-order valence-electron chi connectivity index (χ1n) is 8.05. The van der Waals surface area contributed by atoms with Crippen LogP contribution in [-0.4, -0.2) is 64.0 Å². The van der Waals surface area contributed by atoms with Crippen LogP contribution in [0, 0.1) is 0 Å². The minimum atomic E-state index is 0. The van der Waals surface area contributed by atoms with Crippen molar-refractivity contribution in [2.75, 3.05) is 40.0 Å². The molecule has 1 fully saturated rings. The summed E-state index contributed by atoms with van der Waals surface area (Å²) in [7, 11) is 1.72. The Morgan fingerprint density at radius 3 is 2.70 bits per heavy atom. The van der Waals surface area contributed by atoms with E-state index in [-0.39, 0.29) is 42.0 Å². The van der Waals surface area contributed by atoms with E-state index < -0.39 is 0 Å². The van der Waals surface area contributed by atoms with Gasteiger partial charge in [-0.15, -0.1) is 24.0 Å². The van der Waals surface area contributed by atoms with Crippen LogP contribution in [-0.2, 0) is 14.3 Å². The van der Waals surface area contributed by atoms with Gasteiger partial charge in [0, 0.05) is 45.8 Å². The Labute approximate surface area is 156 Å². The zero-order valence-corrected chi connectivity index (χ0v) is 16.7.